The zero-order valence-corrected chi connectivity index (χ0v) is 13.6. The van der Waals surface area contributed by atoms with E-state index in [1.807, 2.05) is 37.3 Å². The Balaban J connectivity index is 2.41. The SMILES string of the molecule is CCN(CC)CC(C)NC(=O)C(S)Cc1ccccc1. The van der Waals surface area contributed by atoms with E-state index in [0.29, 0.717) is 6.42 Å². The Morgan fingerprint density at radius 3 is 2.40 bits per heavy atom. The van der Waals surface area contributed by atoms with Crippen molar-refractivity contribution in [3.8, 4) is 0 Å². The maximum Gasteiger partial charge on any atom is 0.233 e. The molecule has 2 unspecified atom stereocenters. The number of hydrogen-bond donors (Lipinski definition) is 2. The lowest BCUT2D eigenvalue weighted by Gasteiger charge is -2.24. The van der Waals surface area contributed by atoms with Crippen molar-refractivity contribution >= 4 is 18.5 Å². The number of carbonyl (C=O) groups excluding carboxylic acids is 1. The van der Waals surface area contributed by atoms with Gasteiger partial charge in [0.2, 0.25) is 5.91 Å². The van der Waals surface area contributed by atoms with Crippen molar-refractivity contribution in [1.82, 2.24) is 10.2 Å². The van der Waals surface area contributed by atoms with Gasteiger partial charge in [-0.1, -0.05) is 44.2 Å². The molecule has 0 aromatic heterocycles. The molecular formula is C16H26N2OS. The van der Waals surface area contributed by atoms with Gasteiger partial charge < -0.3 is 10.2 Å². The van der Waals surface area contributed by atoms with Crippen LogP contribution in [-0.2, 0) is 11.2 Å². The third kappa shape index (κ3) is 5.97. The Morgan fingerprint density at radius 2 is 1.85 bits per heavy atom. The summed E-state index contributed by atoms with van der Waals surface area (Å²) in [7, 11) is 0. The van der Waals surface area contributed by atoms with Gasteiger partial charge in [0, 0.05) is 12.6 Å². The number of benzene rings is 1. The van der Waals surface area contributed by atoms with Gasteiger partial charge in [-0.3, -0.25) is 4.79 Å². The molecule has 1 aromatic rings. The van der Waals surface area contributed by atoms with Crippen molar-refractivity contribution < 1.29 is 4.79 Å². The third-order valence-electron chi connectivity index (χ3n) is 3.39. The number of thiol groups is 1. The smallest absolute Gasteiger partial charge is 0.233 e. The molecule has 1 amide bonds. The highest BCUT2D eigenvalue weighted by molar-refractivity contribution is 7.81. The van der Waals surface area contributed by atoms with Gasteiger partial charge >= 0.3 is 0 Å². The summed E-state index contributed by atoms with van der Waals surface area (Å²) in [6.07, 6.45) is 0.660. The second-order valence-corrected chi connectivity index (χ2v) is 5.72. The van der Waals surface area contributed by atoms with Gasteiger partial charge in [0.1, 0.15) is 0 Å². The quantitative estimate of drug-likeness (QED) is 0.722. The van der Waals surface area contributed by atoms with Crippen LogP contribution < -0.4 is 5.32 Å². The minimum atomic E-state index is -0.295. The van der Waals surface area contributed by atoms with Crippen molar-refractivity contribution in [3.05, 3.63) is 35.9 Å². The number of likely N-dealkylation sites (N-methyl/N-ethyl adjacent to an activating group) is 1. The summed E-state index contributed by atoms with van der Waals surface area (Å²) in [6.45, 7) is 9.20. The van der Waals surface area contributed by atoms with E-state index in [4.69, 9.17) is 0 Å². The van der Waals surface area contributed by atoms with Gasteiger partial charge in [-0.05, 0) is 32.0 Å². The van der Waals surface area contributed by atoms with Crippen LogP contribution in [0.3, 0.4) is 0 Å². The number of nitrogens with zero attached hydrogens (tertiary/aromatic N) is 1. The minimum Gasteiger partial charge on any atom is -0.351 e. The second kappa shape index (κ2) is 9.03. The molecule has 0 spiro atoms. The van der Waals surface area contributed by atoms with E-state index in [9.17, 15) is 4.79 Å². The van der Waals surface area contributed by atoms with Gasteiger partial charge in [0.15, 0.2) is 0 Å². The number of rotatable bonds is 8. The van der Waals surface area contributed by atoms with Crippen molar-refractivity contribution in [3.63, 3.8) is 0 Å². The summed E-state index contributed by atoms with van der Waals surface area (Å²) in [5, 5.41) is 2.75. The molecule has 0 saturated heterocycles. The van der Waals surface area contributed by atoms with Crippen LogP contribution in [0.5, 0.6) is 0 Å². The molecule has 1 rings (SSSR count). The van der Waals surface area contributed by atoms with Crippen LogP contribution in [0.25, 0.3) is 0 Å². The number of hydrogen-bond acceptors (Lipinski definition) is 3. The maximum absolute atomic E-state index is 12.1. The Labute approximate surface area is 128 Å². The van der Waals surface area contributed by atoms with Crippen LogP contribution >= 0.6 is 12.6 Å². The molecule has 0 radical (unpaired) electrons. The average Bonchev–Trinajstić information content (AvgIpc) is 2.45. The Kier molecular flexibility index (Phi) is 7.70. The average molecular weight is 294 g/mol. The summed E-state index contributed by atoms with van der Waals surface area (Å²) in [4.78, 5) is 14.4. The molecule has 20 heavy (non-hydrogen) atoms. The van der Waals surface area contributed by atoms with Crippen LogP contribution in [0.1, 0.15) is 26.3 Å². The fourth-order valence-electron chi connectivity index (χ4n) is 2.18. The molecule has 0 aliphatic carbocycles. The van der Waals surface area contributed by atoms with E-state index in [2.05, 4.69) is 36.7 Å². The summed E-state index contributed by atoms with van der Waals surface area (Å²) < 4.78 is 0. The molecule has 2 atom stereocenters. The molecule has 1 N–H and O–H groups in total. The van der Waals surface area contributed by atoms with Crippen molar-refractivity contribution in [1.29, 1.82) is 0 Å². The minimum absolute atomic E-state index is 0.0110. The highest BCUT2D eigenvalue weighted by Gasteiger charge is 2.17. The summed E-state index contributed by atoms with van der Waals surface area (Å²) in [5.41, 5.74) is 1.14. The summed E-state index contributed by atoms with van der Waals surface area (Å²) in [5.74, 6) is 0.0110. The van der Waals surface area contributed by atoms with Crippen LogP contribution in [0.15, 0.2) is 30.3 Å². The number of amides is 1. The first kappa shape index (κ1) is 17.1. The summed E-state index contributed by atoms with van der Waals surface area (Å²) >= 11 is 4.42. The predicted octanol–water partition coefficient (Wildman–Crippen LogP) is 2.37. The van der Waals surface area contributed by atoms with Crippen molar-refractivity contribution in [2.45, 2.75) is 38.5 Å². The summed E-state index contributed by atoms with van der Waals surface area (Å²) in [6, 6.07) is 10.1. The standard InChI is InChI=1S/C16H26N2OS/c1-4-18(5-2)12-13(3)17-16(19)15(20)11-14-9-7-6-8-10-14/h6-10,13,15,20H,4-5,11-12H2,1-3H3,(H,17,19). The maximum atomic E-state index is 12.1. The highest BCUT2D eigenvalue weighted by atomic mass is 32.1. The topological polar surface area (TPSA) is 32.3 Å². The normalized spacial score (nSPS) is 14.1. The Bertz CT molecular complexity index is 393. The Morgan fingerprint density at radius 1 is 1.25 bits per heavy atom. The highest BCUT2D eigenvalue weighted by Crippen LogP contribution is 2.08. The van der Waals surface area contributed by atoms with Crippen LogP contribution in [0.2, 0.25) is 0 Å². The van der Waals surface area contributed by atoms with Crippen LogP contribution in [-0.4, -0.2) is 41.7 Å². The number of nitrogens with one attached hydrogen (secondary N) is 1. The van der Waals surface area contributed by atoms with E-state index in [-0.39, 0.29) is 17.2 Å². The zero-order chi connectivity index (χ0) is 15.0. The van der Waals surface area contributed by atoms with Gasteiger partial charge in [0.05, 0.1) is 5.25 Å². The van der Waals surface area contributed by atoms with E-state index in [1.165, 1.54) is 0 Å². The largest absolute Gasteiger partial charge is 0.351 e. The number of carbonyl (C=O) groups is 1. The van der Waals surface area contributed by atoms with Crippen molar-refractivity contribution in [2.24, 2.45) is 0 Å². The van der Waals surface area contributed by atoms with Gasteiger partial charge in [-0.25, -0.2) is 0 Å². The molecule has 0 aliphatic rings. The third-order valence-corrected chi connectivity index (χ3v) is 3.81. The second-order valence-electron chi connectivity index (χ2n) is 5.10. The monoisotopic (exact) mass is 294 g/mol. The van der Waals surface area contributed by atoms with E-state index in [0.717, 1.165) is 25.2 Å². The molecule has 3 nitrogen and oxygen atoms in total. The molecular weight excluding hydrogens is 268 g/mol. The lowest BCUT2D eigenvalue weighted by molar-refractivity contribution is -0.121. The Hall–Kier alpha value is -1.00. The van der Waals surface area contributed by atoms with E-state index >= 15 is 0 Å². The lowest BCUT2D eigenvalue weighted by Crippen LogP contribution is -2.45. The fraction of sp³-hybridized carbons (Fsp3) is 0.562. The molecule has 0 fully saturated rings. The molecule has 4 heteroatoms. The molecule has 0 heterocycles. The van der Waals surface area contributed by atoms with Gasteiger partial charge in [0.25, 0.3) is 0 Å². The molecule has 0 aliphatic heterocycles. The van der Waals surface area contributed by atoms with Crippen LogP contribution in [0.4, 0.5) is 0 Å². The fourth-order valence-corrected chi connectivity index (χ4v) is 2.47. The molecule has 0 bridgehead atoms. The molecule has 0 saturated carbocycles. The van der Waals surface area contributed by atoms with Gasteiger partial charge in [-0.15, -0.1) is 0 Å². The predicted molar refractivity (Wildman–Crippen MR) is 88.3 cm³/mol. The first-order valence-corrected chi connectivity index (χ1v) is 7.83. The zero-order valence-electron chi connectivity index (χ0n) is 12.7. The molecule has 112 valence electrons. The first-order chi connectivity index (χ1) is 9.56. The van der Waals surface area contributed by atoms with Crippen LogP contribution in [0, 0.1) is 0 Å². The molecule has 1 aromatic carbocycles. The first-order valence-electron chi connectivity index (χ1n) is 7.31. The van der Waals surface area contributed by atoms with Crippen molar-refractivity contribution in [2.75, 3.05) is 19.6 Å². The lowest BCUT2D eigenvalue weighted by atomic mass is 10.1. The van der Waals surface area contributed by atoms with E-state index in [1.54, 1.807) is 0 Å². The van der Waals surface area contributed by atoms with Gasteiger partial charge in [-0.2, -0.15) is 12.6 Å². The van der Waals surface area contributed by atoms with E-state index < -0.39 is 0 Å².